The minimum Gasteiger partial charge on any atom is -0.492 e. The van der Waals surface area contributed by atoms with Gasteiger partial charge in [0.05, 0.1) is 13.0 Å². The van der Waals surface area contributed by atoms with Crippen LogP contribution in [-0.4, -0.2) is 22.2 Å². The molecule has 0 saturated heterocycles. The Bertz CT molecular complexity index is 904. The lowest BCUT2D eigenvalue weighted by molar-refractivity contribution is -0.136. The van der Waals surface area contributed by atoms with E-state index in [1.54, 1.807) is 12.1 Å². The molecule has 2 aromatic carbocycles. The van der Waals surface area contributed by atoms with Crippen LogP contribution in [0.2, 0.25) is 5.02 Å². The Kier molecular flexibility index (Phi) is 6.14. The maximum Gasteiger partial charge on any atom is 0.303 e. The molecular formula is C21H19ClFNO3. The summed E-state index contributed by atoms with van der Waals surface area (Å²) in [6, 6.07) is 17.3. The molecule has 140 valence electrons. The molecule has 6 heteroatoms. The van der Waals surface area contributed by atoms with E-state index in [0.29, 0.717) is 30.3 Å². The predicted octanol–water partition coefficient (Wildman–Crippen LogP) is 5.04. The van der Waals surface area contributed by atoms with Crippen LogP contribution in [0.3, 0.4) is 0 Å². The average Bonchev–Trinajstić information content (AvgIpc) is 3.05. The van der Waals surface area contributed by atoms with Crippen LogP contribution < -0.4 is 4.74 Å². The quantitative estimate of drug-likeness (QED) is 0.588. The fourth-order valence-corrected chi connectivity index (χ4v) is 3.01. The van der Waals surface area contributed by atoms with Crippen molar-refractivity contribution in [1.82, 2.24) is 4.57 Å². The van der Waals surface area contributed by atoms with Crippen LogP contribution in [0.4, 0.5) is 4.39 Å². The van der Waals surface area contributed by atoms with Crippen molar-refractivity contribution in [3.63, 3.8) is 0 Å². The number of carboxylic acid groups (broad SMARTS) is 1. The number of aromatic nitrogens is 1. The summed E-state index contributed by atoms with van der Waals surface area (Å²) in [5.74, 6) is -0.559. The van der Waals surface area contributed by atoms with Gasteiger partial charge in [-0.2, -0.15) is 0 Å². The molecule has 0 aliphatic heterocycles. The van der Waals surface area contributed by atoms with Gasteiger partial charge in [-0.25, -0.2) is 4.39 Å². The van der Waals surface area contributed by atoms with Crippen LogP contribution in [-0.2, 0) is 17.8 Å². The van der Waals surface area contributed by atoms with Crippen LogP contribution in [0, 0.1) is 5.82 Å². The summed E-state index contributed by atoms with van der Waals surface area (Å²) in [6.45, 7) is 0.915. The van der Waals surface area contributed by atoms with Crippen molar-refractivity contribution >= 4 is 17.6 Å². The van der Waals surface area contributed by atoms with Gasteiger partial charge in [-0.15, -0.1) is 0 Å². The van der Waals surface area contributed by atoms with Crippen LogP contribution in [0.15, 0.2) is 60.7 Å². The molecule has 0 fully saturated rings. The van der Waals surface area contributed by atoms with Gasteiger partial charge >= 0.3 is 5.97 Å². The van der Waals surface area contributed by atoms with Gasteiger partial charge < -0.3 is 14.4 Å². The number of nitrogens with zero attached hydrogens (tertiary/aromatic N) is 1. The number of rotatable bonds is 8. The Hall–Kier alpha value is -2.79. The smallest absolute Gasteiger partial charge is 0.303 e. The summed E-state index contributed by atoms with van der Waals surface area (Å²) < 4.78 is 20.7. The standard InChI is InChI=1S/C21H19ClFNO3/c22-16-3-1-15(2-4-16)20-11-7-18(8-12-21(25)26)24(20)13-14-27-19-9-5-17(23)6-10-19/h1-7,9-11H,8,12-14H2,(H,25,26). The third-order valence-electron chi connectivity index (χ3n) is 4.20. The van der Waals surface area contributed by atoms with Gasteiger partial charge in [0.25, 0.3) is 0 Å². The highest BCUT2D eigenvalue weighted by Crippen LogP contribution is 2.25. The van der Waals surface area contributed by atoms with Gasteiger partial charge in [0.2, 0.25) is 0 Å². The number of ether oxygens (including phenoxy) is 1. The lowest BCUT2D eigenvalue weighted by Crippen LogP contribution is -2.13. The van der Waals surface area contributed by atoms with Gasteiger partial charge in [0, 0.05) is 16.4 Å². The Morgan fingerprint density at radius 2 is 1.74 bits per heavy atom. The molecule has 0 aliphatic rings. The van der Waals surface area contributed by atoms with Crippen LogP contribution in [0.1, 0.15) is 12.1 Å². The largest absolute Gasteiger partial charge is 0.492 e. The van der Waals surface area contributed by atoms with E-state index >= 15 is 0 Å². The van der Waals surface area contributed by atoms with E-state index in [1.165, 1.54) is 12.1 Å². The van der Waals surface area contributed by atoms with E-state index in [4.69, 9.17) is 21.4 Å². The predicted molar refractivity (Wildman–Crippen MR) is 103 cm³/mol. The van der Waals surface area contributed by atoms with Gasteiger partial charge in [0.1, 0.15) is 18.2 Å². The zero-order valence-electron chi connectivity index (χ0n) is 14.6. The van der Waals surface area contributed by atoms with E-state index in [9.17, 15) is 9.18 Å². The second-order valence-corrected chi connectivity index (χ2v) is 6.50. The van der Waals surface area contributed by atoms with Gasteiger partial charge in [-0.1, -0.05) is 23.7 Å². The number of hydrogen-bond donors (Lipinski definition) is 1. The van der Waals surface area contributed by atoms with Crippen molar-refractivity contribution in [3.05, 3.63) is 77.2 Å². The molecule has 0 aliphatic carbocycles. The molecule has 1 N–H and O–H groups in total. The van der Waals surface area contributed by atoms with E-state index < -0.39 is 5.97 Å². The monoisotopic (exact) mass is 387 g/mol. The molecule has 0 atom stereocenters. The lowest BCUT2D eigenvalue weighted by atomic mass is 10.1. The minimum absolute atomic E-state index is 0.0584. The maximum atomic E-state index is 13.0. The summed E-state index contributed by atoms with van der Waals surface area (Å²) in [4.78, 5) is 10.9. The topological polar surface area (TPSA) is 51.5 Å². The molecule has 1 heterocycles. The van der Waals surface area contributed by atoms with Crippen molar-refractivity contribution in [2.75, 3.05) is 6.61 Å². The second-order valence-electron chi connectivity index (χ2n) is 6.06. The Labute approximate surface area is 161 Å². The number of aliphatic carboxylic acids is 1. The van der Waals surface area contributed by atoms with Gasteiger partial charge in [-0.3, -0.25) is 4.79 Å². The number of halogens is 2. The lowest BCUT2D eigenvalue weighted by Gasteiger charge is -2.14. The van der Waals surface area contributed by atoms with E-state index in [2.05, 4.69) is 4.57 Å². The fourth-order valence-electron chi connectivity index (χ4n) is 2.89. The SMILES string of the molecule is O=C(O)CCc1ccc(-c2ccc(Cl)cc2)n1CCOc1ccc(F)cc1. The van der Waals surface area contributed by atoms with E-state index in [-0.39, 0.29) is 12.2 Å². The molecule has 0 spiro atoms. The Morgan fingerprint density at radius 3 is 2.41 bits per heavy atom. The molecule has 0 saturated carbocycles. The zero-order valence-corrected chi connectivity index (χ0v) is 15.3. The molecule has 4 nitrogen and oxygen atoms in total. The first-order valence-electron chi connectivity index (χ1n) is 8.57. The Balaban J connectivity index is 1.78. The third kappa shape index (κ3) is 5.11. The summed E-state index contributed by atoms with van der Waals surface area (Å²) in [5.41, 5.74) is 2.88. The molecule has 0 unspecified atom stereocenters. The molecular weight excluding hydrogens is 369 g/mol. The normalized spacial score (nSPS) is 10.7. The highest BCUT2D eigenvalue weighted by molar-refractivity contribution is 6.30. The number of carboxylic acids is 1. The maximum absolute atomic E-state index is 13.0. The average molecular weight is 388 g/mol. The molecule has 1 aromatic heterocycles. The molecule has 0 amide bonds. The summed E-state index contributed by atoms with van der Waals surface area (Å²) in [5, 5.41) is 9.64. The van der Waals surface area contributed by atoms with Gasteiger partial charge in [-0.05, 0) is 60.5 Å². The number of aryl methyl sites for hydroxylation is 1. The van der Waals surface area contributed by atoms with Crippen molar-refractivity contribution in [3.8, 4) is 17.0 Å². The Morgan fingerprint density at radius 1 is 1.04 bits per heavy atom. The van der Waals surface area contributed by atoms with Crippen molar-refractivity contribution < 1.29 is 19.0 Å². The van der Waals surface area contributed by atoms with Crippen LogP contribution in [0.25, 0.3) is 11.3 Å². The van der Waals surface area contributed by atoms with Crippen molar-refractivity contribution in [1.29, 1.82) is 0 Å². The molecule has 3 aromatic rings. The highest BCUT2D eigenvalue weighted by Gasteiger charge is 2.12. The van der Waals surface area contributed by atoms with Crippen LogP contribution in [0.5, 0.6) is 5.75 Å². The molecule has 27 heavy (non-hydrogen) atoms. The fraction of sp³-hybridized carbons (Fsp3) is 0.190. The summed E-state index contributed by atoms with van der Waals surface area (Å²) in [7, 11) is 0. The molecule has 3 rings (SSSR count). The van der Waals surface area contributed by atoms with E-state index in [0.717, 1.165) is 17.0 Å². The first kappa shape index (κ1) is 19.0. The van der Waals surface area contributed by atoms with Crippen molar-refractivity contribution in [2.45, 2.75) is 19.4 Å². The van der Waals surface area contributed by atoms with Gasteiger partial charge in [0.15, 0.2) is 0 Å². The van der Waals surface area contributed by atoms with Crippen LogP contribution >= 0.6 is 11.6 Å². The first-order chi connectivity index (χ1) is 13.0. The number of hydrogen-bond acceptors (Lipinski definition) is 2. The van der Waals surface area contributed by atoms with E-state index in [1.807, 2.05) is 36.4 Å². The first-order valence-corrected chi connectivity index (χ1v) is 8.95. The zero-order chi connectivity index (χ0) is 19.2. The van der Waals surface area contributed by atoms with Crippen molar-refractivity contribution in [2.24, 2.45) is 0 Å². The molecule has 0 bridgehead atoms. The summed E-state index contributed by atoms with van der Waals surface area (Å²) in [6.07, 6.45) is 0.488. The number of benzene rings is 2. The second kappa shape index (κ2) is 8.73. The third-order valence-corrected chi connectivity index (χ3v) is 4.46. The summed E-state index contributed by atoms with van der Waals surface area (Å²) >= 11 is 5.97. The molecule has 0 radical (unpaired) electrons. The number of carbonyl (C=O) groups is 1. The minimum atomic E-state index is -0.835. The highest BCUT2D eigenvalue weighted by atomic mass is 35.5.